The standard InChI is InChI=1S/C13H27N4O.Ac/c1-4-8(5-2)11(14)10-9(17-13(15)16)6-7(3)12(10)18;/h7-12,14,18H,4-6H2,1-3H3,(H4,15,16,17);/q-1;. The van der Waals surface area contributed by atoms with Gasteiger partial charge in [-0.15, -0.1) is 6.04 Å². The second kappa shape index (κ2) is 8.82. The van der Waals surface area contributed by atoms with Gasteiger partial charge < -0.3 is 22.3 Å². The quantitative estimate of drug-likeness (QED) is 0.408. The zero-order valence-corrected chi connectivity index (χ0v) is 17.0. The van der Waals surface area contributed by atoms with Crippen molar-refractivity contribution in [2.75, 3.05) is 0 Å². The van der Waals surface area contributed by atoms with Crippen LogP contribution in [0.15, 0.2) is 4.99 Å². The summed E-state index contributed by atoms with van der Waals surface area (Å²) < 4.78 is 0. The third-order valence-corrected chi connectivity index (χ3v) is 4.32. The number of hydrogen-bond acceptors (Lipinski definition) is 2. The van der Waals surface area contributed by atoms with Gasteiger partial charge in [0.15, 0.2) is 5.96 Å². The van der Waals surface area contributed by atoms with E-state index in [2.05, 4.69) is 18.8 Å². The Morgan fingerprint density at radius 1 is 1.37 bits per heavy atom. The first-order valence-electron chi connectivity index (χ1n) is 6.90. The van der Waals surface area contributed by atoms with Gasteiger partial charge >= 0.3 is 0 Å². The summed E-state index contributed by atoms with van der Waals surface area (Å²) in [6.07, 6.45) is 2.20. The second-order valence-electron chi connectivity index (χ2n) is 5.50. The molecule has 1 aliphatic carbocycles. The summed E-state index contributed by atoms with van der Waals surface area (Å²) in [4.78, 5) is 4.22. The Balaban J connectivity index is 0.00000324. The van der Waals surface area contributed by atoms with Crippen LogP contribution in [0.4, 0.5) is 0 Å². The maximum absolute atomic E-state index is 10.3. The van der Waals surface area contributed by atoms with Crippen LogP contribution in [0.3, 0.4) is 0 Å². The van der Waals surface area contributed by atoms with E-state index >= 15 is 0 Å². The van der Waals surface area contributed by atoms with Gasteiger partial charge in [0.1, 0.15) is 0 Å². The van der Waals surface area contributed by atoms with Gasteiger partial charge in [0.05, 0.1) is 12.1 Å². The molecule has 1 fully saturated rings. The molecule has 0 aromatic carbocycles. The smallest absolute Gasteiger partial charge is 0.186 e. The first-order valence-corrected chi connectivity index (χ1v) is 6.90. The zero-order valence-electron chi connectivity index (χ0n) is 12.2. The Kier molecular flexibility index (Phi) is 9.11. The van der Waals surface area contributed by atoms with Crippen LogP contribution in [0, 0.1) is 61.8 Å². The predicted molar refractivity (Wildman–Crippen MR) is 75.1 cm³/mol. The maximum atomic E-state index is 10.3. The van der Waals surface area contributed by atoms with E-state index < -0.39 is 6.10 Å². The number of nitrogens with two attached hydrogens (primary N) is 2. The average molecular weight is 482 g/mol. The van der Waals surface area contributed by atoms with Gasteiger partial charge in [0, 0.05) is 44.1 Å². The molecule has 5 atom stereocenters. The van der Waals surface area contributed by atoms with Crippen LogP contribution >= 0.6 is 0 Å². The summed E-state index contributed by atoms with van der Waals surface area (Å²) in [6.45, 7) is 6.19. The van der Waals surface area contributed by atoms with Crippen molar-refractivity contribution < 1.29 is 49.2 Å². The molecule has 0 amide bonds. The van der Waals surface area contributed by atoms with Gasteiger partial charge in [0.2, 0.25) is 0 Å². The Bertz CT molecular complexity index is 292. The fraction of sp³-hybridized carbons (Fsp3) is 0.923. The van der Waals surface area contributed by atoms with Crippen molar-refractivity contribution in [2.45, 2.75) is 58.2 Å². The second-order valence-corrected chi connectivity index (χ2v) is 5.50. The number of nitrogens with zero attached hydrogens (tertiary/aromatic N) is 1. The molecule has 0 aromatic rings. The number of rotatable bonds is 5. The van der Waals surface area contributed by atoms with E-state index in [0.29, 0.717) is 5.92 Å². The Morgan fingerprint density at radius 2 is 1.89 bits per heavy atom. The molecule has 109 valence electrons. The number of aliphatic hydroxyl groups excluding tert-OH is 1. The molecule has 0 bridgehead atoms. The van der Waals surface area contributed by atoms with Crippen LogP contribution in [-0.4, -0.2) is 29.3 Å². The maximum Gasteiger partial charge on any atom is 0.186 e. The van der Waals surface area contributed by atoms with E-state index in [1.807, 2.05) is 6.92 Å². The van der Waals surface area contributed by atoms with Crippen LogP contribution in [-0.2, 0) is 0 Å². The summed E-state index contributed by atoms with van der Waals surface area (Å²) >= 11 is 0. The predicted octanol–water partition coefficient (Wildman–Crippen LogP) is 1.50. The fourth-order valence-electron chi connectivity index (χ4n) is 3.18. The van der Waals surface area contributed by atoms with Gasteiger partial charge in [-0.05, 0) is 18.3 Å². The Labute approximate surface area is 152 Å². The van der Waals surface area contributed by atoms with E-state index in [0.717, 1.165) is 19.3 Å². The molecule has 0 heterocycles. The summed E-state index contributed by atoms with van der Waals surface area (Å²) in [7, 11) is 0. The summed E-state index contributed by atoms with van der Waals surface area (Å²) in [5, 5.41) is 10.3. The molecule has 1 aliphatic rings. The first kappa shape index (κ1) is 19.6. The fourth-order valence-corrected chi connectivity index (χ4v) is 3.18. The average Bonchev–Trinajstić information content (AvgIpc) is 2.55. The van der Waals surface area contributed by atoms with E-state index in [9.17, 15) is 5.11 Å². The zero-order chi connectivity index (χ0) is 13.9. The van der Waals surface area contributed by atoms with Crippen molar-refractivity contribution in [1.29, 1.82) is 0 Å². The molecule has 19 heavy (non-hydrogen) atoms. The van der Waals surface area contributed by atoms with E-state index in [4.69, 9.17) is 17.2 Å². The molecule has 6 N–H and O–H groups in total. The molecule has 5 nitrogen and oxygen atoms in total. The van der Waals surface area contributed by atoms with Crippen LogP contribution in [0.5, 0.6) is 0 Å². The number of hydrogen-bond donors (Lipinski definition) is 3. The number of aliphatic imine (C=N–C) groups is 1. The molecule has 0 aliphatic heterocycles. The van der Waals surface area contributed by atoms with Crippen molar-refractivity contribution in [1.82, 2.24) is 0 Å². The molecule has 1 radical (unpaired) electrons. The molecular weight excluding hydrogens is 455 g/mol. The van der Waals surface area contributed by atoms with Crippen LogP contribution in [0.2, 0.25) is 0 Å². The molecule has 6 heteroatoms. The van der Waals surface area contributed by atoms with E-state index in [1.54, 1.807) is 0 Å². The molecule has 0 aromatic heterocycles. The van der Waals surface area contributed by atoms with Crippen molar-refractivity contribution in [3.63, 3.8) is 0 Å². The van der Waals surface area contributed by atoms with Crippen molar-refractivity contribution in [2.24, 2.45) is 34.2 Å². The normalized spacial score (nSPS) is 31.9. The van der Waals surface area contributed by atoms with E-state index in [1.165, 1.54) is 0 Å². The Hall–Kier alpha value is 0.632. The largest absolute Gasteiger partial charge is 0.674 e. The monoisotopic (exact) mass is 482 g/mol. The first-order chi connectivity index (χ1) is 8.42. The third-order valence-electron chi connectivity index (χ3n) is 4.32. The topological polar surface area (TPSA) is 108 Å². The van der Waals surface area contributed by atoms with Crippen molar-refractivity contribution >= 4 is 5.96 Å². The van der Waals surface area contributed by atoms with Gasteiger partial charge in [-0.25, -0.2) is 4.99 Å². The minimum Gasteiger partial charge on any atom is -0.674 e. The van der Waals surface area contributed by atoms with Crippen molar-refractivity contribution in [3.05, 3.63) is 5.73 Å². The van der Waals surface area contributed by atoms with Crippen LogP contribution < -0.4 is 11.5 Å². The molecule has 5 unspecified atom stereocenters. The molecular formula is C13H27AcN4O-. The summed E-state index contributed by atoms with van der Waals surface area (Å²) in [5.41, 5.74) is 19.3. The SMILES string of the molecule is CCC(CC)C([NH-])C1C(N=C(N)N)CC(C)C1O.[Ac]. The van der Waals surface area contributed by atoms with Gasteiger partial charge in [-0.1, -0.05) is 39.5 Å². The van der Waals surface area contributed by atoms with Crippen LogP contribution in [0.25, 0.3) is 5.73 Å². The molecule has 1 rings (SSSR count). The number of nitrogens with one attached hydrogen (secondary N) is 1. The van der Waals surface area contributed by atoms with E-state index in [-0.39, 0.29) is 73.9 Å². The number of guanidine groups is 1. The minimum atomic E-state index is -0.471. The molecule has 1 saturated carbocycles. The Morgan fingerprint density at radius 3 is 2.32 bits per heavy atom. The summed E-state index contributed by atoms with van der Waals surface area (Å²) in [6, 6.07) is -0.406. The van der Waals surface area contributed by atoms with Gasteiger partial charge in [-0.3, -0.25) is 0 Å². The van der Waals surface area contributed by atoms with Crippen LogP contribution in [0.1, 0.15) is 40.0 Å². The van der Waals surface area contributed by atoms with Gasteiger partial charge in [-0.2, -0.15) is 0 Å². The summed E-state index contributed by atoms with van der Waals surface area (Å²) in [5.74, 6) is 0.368. The third kappa shape index (κ3) is 4.84. The van der Waals surface area contributed by atoms with Crippen molar-refractivity contribution in [3.8, 4) is 0 Å². The minimum absolute atomic E-state index is 0. The van der Waals surface area contributed by atoms with Gasteiger partial charge in [0.25, 0.3) is 0 Å². The molecule has 0 spiro atoms. The molecule has 0 saturated heterocycles. The number of aliphatic hydroxyl groups is 1.